The molecule has 0 aliphatic carbocycles. The van der Waals surface area contributed by atoms with E-state index in [1.807, 2.05) is 19.2 Å². The van der Waals surface area contributed by atoms with E-state index >= 15 is 0 Å². The van der Waals surface area contributed by atoms with Crippen molar-refractivity contribution in [2.24, 2.45) is 0 Å². The highest BCUT2D eigenvalue weighted by Crippen LogP contribution is 2.16. The zero-order chi connectivity index (χ0) is 15.7. The van der Waals surface area contributed by atoms with Gasteiger partial charge in [0.2, 0.25) is 0 Å². The van der Waals surface area contributed by atoms with Crippen LogP contribution in [0.4, 0.5) is 0 Å². The summed E-state index contributed by atoms with van der Waals surface area (Å²) < 4.78 is 0. The molecule has 3 rings (SSSR count). The molecule has 1 aliphatic rings. The highest BCUT2D eigenvalue weighted by molar-refractivity contribution is 6.30. The molecule has 1 N–H and O–H groups in total. The molecule has 1 aromatic carbocycles. The van der Waals surface area contributed by atoms with E-state index in [0.29, 0.717) is 16.4 Å². The number of halogens is 1. The third-order valence-electron chi connectivity index (χ3n) is 3.93. The minimum atomic E-state index is -0.0977. The van der Waals surface area contributed by atoms with Gasteiger partial charge in [0.15, 0.2) is 5.69 Å². The second-order valence-electron chi connectivity index (χ2n) is 5.47. The zero-order valence-corrected chi connectivity index (χ0v) is 13.3. The molecule has 1 saturated heterocycles. The predicted octanol–water partition coefficient (Wildman–Crippen LogP) is 1.66. The van der Waals surface area contributed by atoms with Crippen LogP contribution >= 0.6 is 11.6 Å². The molecule has 116 valence electrons. The second kappa shape index (κ2) is 6.06. The van der Waals surface area contributed by atoms with Crippen LogP contribution in [0, 0.1) is 6.92 Å². The van der Waals surface area contributed by atoms with Crippen LogP contribution in [0.15, 0.2) is 24.3 Å². The first-order valence-electron chi connectivity index (χ1n) is 7.24. The number of aryl methyl sites for hydroxylation is 1. The number of carbonyl (C=O) groups is 1. The Morgan fingerprint density at radius 3 is 2.95 bits per heavy atom. The highest BCUT2D eigenvalue weighted by atomic mass is 35.5. The number of benzene rings is 1. The molecular formula is C15H18ClN5O. The van der Waals surface area contributed by atoms with E-state index in [1.165, 1.54) is 4.80 Å². The summed E-state index contributed by atoms with van der Waals surface area (Å²) in [6.07, 6.45) is 0.962. The molecule has 22 heavy (non-hydrogen) atoms. The first-order chi connectivity index (χ1) is 10.6. The van der Waals surface area contributed by atoms with Gasteiger partial charge in [-0.05, 0) is 38.1 Å². The van der Waals surface area contributed by atoms with E-state index in [9.17, 15) is 4.79 Å². The van der Waals surface area contributed by atoms with Crippen molar-refractivity contribution in [2.45, 2.75) is 19.4 Å². The van der Waals surface area contributed by atoms with E-state index in [-0.39, 0.29) is 11.9 Å². The molecule has 6 nitrogen and oxygen atoms in total. The molecule has 2 heterocycles. The van der Waals surface area contributed by atoms with Gasteiger partial charge in [0.05, 0.1) is 11.4 Å². The van der Waals surface area contributed by atoms with Gasteiger partial charge < -0.3 is 10.2 Å². The van der Waals surface area contributed by atoms with Crippen LogP contribution < -0.4 is 5.32 Å². The van der Waals surface area contributed by atoms with Gasteiger partial charge in [-0.1, -0.05) is 17.7 Å². The summed E-state index contributed by atoms with van der Waals surface area (Å²) in [6, 6.07) is 7.44. The molecule has 0 radical (unpaired) electrons. The van der Waals surface area contributed by atoms with E-state index in [1.54, 1.807) is 24.0 Å². The molecule has 0 saturated carbocycles. The lowest BCUT2D eigenvalue weighted by atomic mass is 10.2. The fraction of sp³-hybridized carbons (Fsp3) is 0.400. The highest BCUT2D eigenvalue weighted by Gasteiger charge is 2.27. The Labute approximate surface area is 134 Å². The summed E-state index contributed by atoms with van der Waals surface area (Å²) in [6.45, 7) is 3.56. The summed E-state index contributed by atoms with van der Waals surface area (Å²) in [5, 5.41) is 12.6. The molecule has 1 aromatic heterocycles. The maximum atomic E-state index is 12.6. The molecule has 1 aliphatic heterocycles. The Balaban J connectivity index is 1.87. The Morgan fingerprint density at radius 1 is 1.45 bits per heavy atom. The molecular weight excluding hydrogens is 302 g/mol. The van der Waals surface area contributed by atoms with Gasteiger partial charge in [-0.3, -0.25) is 4.79 Å². The summed E-state index contributed by atoms with van der Waals surface area (Å²) in [7, 11) is 1.82. The molecule has 1 amide bonds. The fourth-order valence-corrected chi connectivity index (χ4v) is 2.78. The van der Waals surface area contributed by atoms with Crippen LogP contribution in [0.5, 0.6) is 0 Å². The topological polar surface area (TPSA) is 63.1 Å². The van der Waals surface area contributed by atoms with Gasteiger partial charge in [-0.2, -0.15) is 9.90 Å². The van der Waals surface area contributed by atoms with Crippen LogP contribution in [-0.2, 0) is 0 Å². The van der Waals surface area contributed by atoms with E-state index in [4.69, 9.17) is 11.6 Å². The van der Waals surface area contributed by atoms with E-state index in [2.05, 4.69) is 15.5 Å². The predicted molar refractivity (Wildman–Crippen MR) is 84.5 cm³/mol. The number of nitrogens with zero attached hydrogens (tertiary/aromatic N) is 4. The lowest BCUT2D eigenvalue weighted by Crippen LogP contribution is -2.38. The first-order valence-corrected chi connectivity index (χ1v) is 7.62. The fourth-order valence-electron chi connectivity index (χ4n) is 2.60. The van der Waals surface area contributed by atoms with Crippen LogP contribution in [-0.4, -0.2) is 52.0 Å². The van der Waals surface area contributed by atoms with Crippen molar-refractivity contribution in [3.63, 3.8) is 0 Å². The number of nitrogens with one attached hydrogen (secondary N) is 1. The van der Waals surface area contributed by atoms with Gasteiger partial charge in [-0.15, -0.1) is 5.10 Å². The smallest absolute Gasteiger partial charge is 0.276 e. The number of likely N-dealkylation sites (N-methyl/N-ethyl adjacent to an activating group) is 1. The van der Waals surface area contributed by atoms with Gasteiger partial charge >= 0.3 is 0 Å². The van der Waals surface area contributed by atoms with Crippen LogP contribution in [0.2, 0.25) is 5.02 Å². The summed E-state index contributed by atoms with van der Waals surface area (Å²) >= 11 is 5.99. The summed E-state index contributed by atoms with van der Waals surface area (Å²) in [4.78, 5) is 15.8. The standard InChI is InChI=1S/C15H18ClN5O/c1-10-14(15(22)20(2)13-6-7-17-9-13)19-21(18-10)12-5-3-4-11(16)8-12/h3-5,8,13,17H,6-7,9H2,1-2H3/t13-/m1/s1. The summed E-state index contributed by atoms with van der Waals surface area (Å²) in [5.41, 5.74) is 1.73. The van der Waals surface area contributed by atoms with Crippen LogP contribution in [0.25, 0.3) is 5.69 Å². The molecule has 0 bridgehead atoms. The maximum absolute atomic E-state index is 12.6. The lowest BCUT2D eigenvalue weighted by molar-refractivity contribution is 0.0736. The lowest BCUT2D eigenvalue weighted by Gasteiger charge is -2.22. The van der Waals surface area contributed by atoms with Crippen molar-refractivity contribution in [1.29, 1.82) is 0 Å². The minimum Gasteiger partial charge on any atom is -0.336 e. The summed E-state index contributed by atoms with van der Waals surface area (Å²) in [5.74, 6) is -0.0977. The Morgan fingerprint density at radius 2 is 2.27 bits per heavy atom. The van der Waals surface area contributed by atoms with Crippen molar-refractivity contribution in [2.75, 3.05) is 20.1 Å². The third kappa shape index (κ3) is 2.84. The monoisotopic (exact) mass is 319 g/mol. The Kier molecular flexibility index (Phi) is 4.13. The quantitative estimate of drug-likeness (QED) is 0.934. The molecule has 0 spiro atoms. The van der Waals surface area contributed by atoms with Gasteiger partial charge in [0.25, 0.3) is 5.91 Å². The van der Waals surface area contributed by atoms with Crippen molar-refractivity contribution >= 4 is 17.5 Å². The van der Waals surface area contributed by atoms with Crippen molar-refractivity contribution < 1.29 is 4.79 Å². The van der Waals surface area contributed by atoms with E-state index in [0.717, 1.165) is 25.2 Å². The number of carbonyl (C=O) groups excluding carboxylic acids is 1. The second-order valence-corrected chi connectivity index (χ2v) is 5.90. The molecule has 1 fully saturated rings. The van der Waals surface area contributed by atoms with Gasteiger partial charge in [0, 0.05) is 24.7 Å². The average molecular weight is 320 g/mol. The van der Waals surface area contributed by atoms with Crippen LogP contribution in [0.1, 0.15) is 22.6 Å². The molecule has 2 aromatic rings. The first kappa shape index (κ1) is 15.0. The third-order valence-corrected chi connectivity index (χ3v) is 4.16. The van der Waals surface area contributed by atoms with Gasteiger partial charge in [-0.25, -0.2) is 0 Å². The Bertz CT molecular complexity index is 693. The molecule has 0 unspecified atom stereocenters. The van der Waals surface area contributed by atoms with Gasteiger partial charge in [0.1, 0.15) is 0 Å². The number of hydrogen-bond donors (Lipinski definition) is 1. The van der Waals surface area contributed by atoms with E-state index < -0.39 is 0 Å². The average Bonchev–Trinajstić information content (AvgIpc) is 3.15. The minimum absolute atomic E-state index is 0.0977. The van der Waals surface area contributed by atoms with Crippen molar-refractivity contribution in [3.05, 3.63) is 40.7 Å². The number of hydrogen-bond acceptors (Lipinski definition) is 4. The van der Waals surface area contributed by atoms with Crippen molar-refractivity contribution in [1.82, 2.24) is 25.2 Å². The van der Waals surface area contributed by atoms with Crippen molar-refractivity contribution in [3.8, 4) is 5.69 Å². The zero-order valence-electron chi connectivity index (χ0n) is 12.6. The molecule has 1 atom stereocenters. The number of rotatable bonds is 3. The number of aromatic nitrogens is 3. The Hall–Kier alpha value is -1.92. The SMILES string of the molecule is Cc1nn(-c2cccc(Cl)c2)nc1C(=O)N(C)[C@@H]1CCNC1. The maximum Gasteiger partial charge on any atom is 0.276 e. The number of amides is 1. The largest absolute Gasteiger partial charge is 0.336 e. The normalized spacial score (nSPS) is 17.7. The van der Waals surface area contributed by atoms with Crippen LogP contribution in [0.3, 0.4) is 0 Å². The molecule has 7 heteroatoms.